The van der Waals surface area contributed by atoms with Gasteiger partial charge >= 0.3 is 0 Å². The first-order valence-corrected chi connectivity index (χ1v) is 6.33. The van der Waals surface area contributed by atoms with Crippen LogP contribution in [0.25, 0.3) is 11.0 Å². The molecule has 21 heavy (non-hydrogen) atoms. The maximum atomic E-state index is 13.0. The van der Waals surface area contributed by atoms with E-state index in [1.807, 2.05) is 0 Å². The van der Waals surface area contributed by atoms with E-state index in [0.717, 1.165) is 5.56 Å². The zero-order valence-corrected chi connectivity index (χ0v) is 10.9. The molecule has 0 aliphatic heterocycles. The number of H-pyrrole nitrogens is 2. The zero-order valence-electron chi connectivity index (χ0n) is 10.9. The normalized spacial score (nSPS) is 12.7. The van der Waals surface area contributed by atoms with E-state index in [1.54, 1.807) is 18.3 Å². The van der Waals surface area contributed by atoms with Gasteiger partial charge in [-0.05, 0) is 17.7 Å². The van der Waals surface area contributed by atoms with Crippen LogP contribution < -0.4 is 11.3 Å². The minimum Gasteiger partial charge on any atom is -0.395 e. The van der Waals surface area contributed by atoms with Gasteiger partial charge in [0.2, 0.25) is 5.95 Å². The second kappa shape index (κ2) is 5.02. The maximum absolute atomic E-state index is 13.0. The highest BCUT2D eigenvalue weighted by Gasteiger charge is 2.20. The van der Waals surface area contributed by atoms with Crippen molar-refractivity contribution >= 4 is 17.0 Å². The van der Waals surface area contributed by atoms with Gasteiger partial charge in [0.05, 0.1) is 6.61 Å². The maximum Gasteiger partial charge on any atom is 0.276 e. The van der Waals surface area contributed by atoms with Crippen LogP contribution in [-0.4, -0.2) is 26.7 Å². The van der Waals surface area contributed by atoms with E-state index in [9.17, 15) is 14.3 Å². The summed E-state index contributed by atoms with van der Waals surface area (Å²) in [6, 6.07) is 5.82. The molecule has 3 aromatic rings. The SMILES string of the molecule is Nc1nc2c(C(CO)c3ccc(F)cc3)c[nH]c2c(=O)[nH]1. The highest BCUT2D eigenvalue weighted by atomic mass is 19.1. The Balaban J connectivity index is 2.17. The topological polar surface area (TPSA) is 108 Å². The fraction of sp³-hybridized carbons (Fsp3) is 0.143. The molecule has 1 atom stereocenters. The lowest BCUT2D eigenvalue weighted by atomic mass is 9.93. The molecule has 0 radical (unpaired) electrons. The number of nitrogens with one attached hydrogen (secondary N) is 2. The Morgan fingerprint density at radius 2 is 2.05 bits per heavy atom. The quantitative estimate of drug-likeness (QED) is 0.578. The minimum absolute atomic E-state index is 0.00384. The van der Waals surface area contributed by atoms with Crippen LogP contribution in [0.5, 0.6) is 0 Å². The highest BCUT2D eigenvalue weighted by molar-refractivity contribution is 5.80. The number of halogens is 1. The molecule has 6 nitrogen and oxygen atoms in total. The number of anilines is 1. The number of hydrogen-bond acceptors (Lipinski definition) is 4. The van der Waals surface area contributed by atoms with Crippen molar-refractivity contribution in [1.29, 1.82) is 0 Å². The van der Waals surface area contributed by atoms with E-state index in [1.165, 1.54) is 12.1 Å². The molecule has 0 fully saturated rings. The molecule has 2 heterocycles. The number of nitrogen functional groups attached to an aromatic ring is 1. The van der Waals surface area contributed by atoms with Crippen molar-refractivity contribution in [3.8, 4) is 0 Å². The van der Waals surface area contributed by atoms with Gasteiger partial charge in [0, 0.05) is 17.7 Å². The molecule has 2 aromatic heterocycles. The lowest BCUT2D eigenvalue weighted by molar-refractivity contribution is 0.281. The first-order chi connectivity index (χ1) is 10.1. The summed E-state index contributed by atoms with van der Waals surface area (Å²) in [7, 11) is 0. The lowest BCUT2D eigenvalue weighted by Crippen LogP contribution is -2.12. The second-order valence-corrected chi connectivity index (χ2v) is 4.71. The minimum atomic E-state index is -0.423. The second-order valence-electron chi connectivity index (χ2n) is 4.71. The number of hydrogen-bond donors (Lipinski definition) is 4. The van der Waals surface area contributed by atoms with Crippen LogP contribution in [0.3, 0.4) is 0 Å². The number of nitrogens with two attached hydrogens (primary N) is 1. The van der Waals surface area contributed by atoms with Gasteiger partial charge in [-0.25, -0.2) is 9.37 Å². The Morgan fingerprint density at radius 3 is 2.71 bits per heavy atom. The number of aliphatic hydroxyl groups excluding tert-OH is 1. The Hall–Kier alpha value is -2.67. The Kier molecular flexibility index (Phi) is 3.19. The molecule has 0 spiro atoms. The first kappa shape index (κ1) is 13.3. The fourth-order valence-corrected chi connectivity index (χ4v) is 2.40. The van der Waals surface area contributed by atoms with Crippen molar-refractivity contribution in [1.82, 2.24) is 15.0 Å². The highest BCUT2D eigenvalue weighted by Crippen LogP contribution is 2.28. The van der Waals surface area contributed by atoms with Crippen molar-refractivity contribution in [2.24, 2.45) is 0 Å². The third kappa shape index (κ3) is 2.27. The molecule has 1 unspecified atom stereocenters. The molecule has 108 valence electrons. The number of aliphatic hydroxyl groups is 1. The summed E-state index contributed by atoms with van der Waals surface area (Å²) in [6.07, 6.45) is 1.61. The van der Waals surface area contributed by atoms with E-state index in [-0.39, 0.29) is 23.9 Å². The number of fused-ring (bicyclic) bond motifs is 1. The summed E-state index contributed by atoms with van der Waals surface area (Å²) in [5, 5.41) is 9.67. The van der Waals surface area contributed by atoms with Gasteiger partial charge in [-0.1, -0.05) is 12.1 Å². The summed E-state index contributed by atoms with van der Waals surface area (Å²) < 4.78 is 13.0. The van der Waals surface area contributed by atoms with E-state index in [0.29, 0.717) is 16.6 Å². The summed E-state index contributed by atoms with van der Waals surface area (Å²) in [5.74, 6) is -0.773. The monoisotopic (exact) mass is 288 g/mol. The summed E-state index contributed by atoms with van der Waals surface area (Å²) in [4.78, 5) is 21.1. The standard InChI is InChI=1S/C14H13FN4O2/c15-8-3-1-7(2-4-8)10(6-20)9-5-17-12-11(9)18-14(16)19-13(12)21/h1-5,10,17,20H,6H2,(H3,16,18,19,21). The molecular weight excluding hydrogens is 275 g/mol. The summed E-state index contributed by atoms with van der Waals surface area (Å²) in [5.41, 5.74) is 7.24. The van der Waals surface area contributed by atoms with Crippen LogP contribution in [0.1, 0.15) is 17.0 Å². The summed E-state index contributed by atoms with van der Waals surface area (Å²) >= 11 is 0. The summed E-state index contributed by atoms with van der Waals surface area (Å²) in [6.45, 7) is -0.201. The third-order valence-corrected chi connectivity index (χ3v) is 3.41. The van der Waals surface area contributed by atoms with Gasteiger partial charge in [-0.15, -0.1) is 0 Å². The molecule has 0 amide bonds. The molecule has 1 aromatic carbocycles. The van der Waals surface area contributed by atoms with Gasteiger partial charge in [0.15, 0.2) is 0 Å². The molecule has 7 heteroatoms. The van der Waals surface area contributed by atoms with E-state index in [4.69, 9.17) is 5.73 Å². The first-order valence-electron chi connectivity index (χ1n) is 6.33. The zero-order chi connectivity index (χ0) is 15.0. The van der Waals surface area contributed by atoms with Crippen LogP contribution in [0.4, 0.5) is 10.3 Å². The number of rotatable bonds is 3. The lowest BCUT2D eigenvalue weighted by Gasteiger charge is -2.13. The molecule has 0 aliphatic rings. The predicted molar refractivity (Wildman–Crippen MR) is 76.5 cm³/mol. The average Bonchev–Trinajstić information content (AvgIpc) is 2.86. The molecule has 5 N–H and O–H groups in total. The molecule has 0 saturated carbocycles. The van der Waals surface area contributed by atoms with Crippen molar-refractivity contribution in [2.45, 2.75) is 5.92 Å². The molecule has 3 rings (SSSR count). The van der Waals surface area contributed by atoms with Crippen LogP contribution in [-0.2, 0) is 0 Å². The van der Waals surface area contributed by atoms with E-state index >= 15 is 0 Å². The average molecular weight is 288 g/mol. The Labute approximate surface area is 118 Å². The number of benzene rings is 1. The van der Waals surface area contributed by atoms with Crippen molar-refractivity contribution < 1.29 is 9.50 Å². The van der Waals surface area contributed by atoms with Crippen LogP contribution >= 0.6 is 0 Å². The van der Waals surface area contributed by atoms with Crippen molar-refractivity contribution in [2.75, 3.05) is 12.3 Å². The van der Waals surface area contributed by atoms with E-state index < -0.39 is 5.92 Å². The van der Waals surface area contributed by atoms with Crippen LogP contribution in [0.2, 0.25) is 0 Å². The van der Waals surface area contributed by atoms with Gasteiger partial charge < -0.3 is 15.8 Å². The number of aromatic amines is 2. The van der Waals surface area contributed by atoms with Gasteiger partial charge in [-0.2, -0.15) is 0 Å². The van der Waals surface area contributed by atoms with Gasteiger partial charge in [0.1, 0.15) is 16.9 Å². The third-order valence-electron chi connectivity index (χ3n) is 3.41. The molecule has 0 bridgehead atoms. The van der Waals surface area contributed by atoms with Crippen molar-refractivity contribution in [3.05, 3.63) is 57.8 Å². The van der Waals surface area contributed by atoms with Gasteiger partial charge in [-0.3, -0.25) is 9.78 Å². The molecule has 0 saturated heterocycles. The fourth-order valence-electron chi connectivity index (χ4n) is 2.40. The van der Waals surface area contributed by atoms with Crippen molar-refractivity contribution in [3.63, 3.8) is 0 Å². The van der Waals surface area contributed by atoms with Gasteiger partial charge in [0.25, 0.3) is 5.56 Å². The number of aromatic nitrogens is 3. The van der Waals surface area contributed by atoms with Crippen LogP contribution in [0, 0.1) is 5.82 Å². The predicted octanol–water partition coefficient (Wildman–Crippen LogP) is 1.10. The van der Waals surface area contributed by atoms with E-state index in [2.05, 4.69) is 15.0 Å². The largest absolute Gasteiger partial charge is 0.395 e. The molecule has 0 aliphatic carbocycles. The van der Waals surface area contributed by atoms with Crippen LogP contribution in [0.15, 0.2) is 35.3 Å². The Bertz CT molecular complexity index is 838. The number of nitrogens with zero attached hydrogens (tertiary/aromatic N) is 1. The smallest absolute Gasteiger partial charge is 0.276 e. The molecular formula is C14H13FN4O2. The Morgan fingerprint density at radius 1 is 1.33 bits per heavy atom.